The van der Waals surface area contributed by atoms with Gasteiger partial charge >= 0.3 is 0 Å². The molecular formula is C20H30N2O2. The van der Waals surface area contributed by atoms with Gasteiger partial charge in [-0.1, -0.05) is 6.42 Å². The van der Waals surface area contributed by atoms with E-state index in [1.54, 1.807) is 0 Å². The smallest absolute Gasteiger partial charge is 0.124 e. The predicted molar refractivity (Wildman–Crippen MR) is 96.6 cm³/mol. The fourth-order valence-corrected chi connectivity index (χ4v) is 4.61. The zero-order chi connectivity index (χ0) is 16.4. The lowest BCUT2D eigenvalue weighted by atomic mass is 9.95. The van der Waals surface area contributed by atoms with Crippen LogP contribution in [0.4, 0.5) is 5.69 Å². The van der Waals surface area contributed by atoms with Crippen molar-refractivity contribution in [1.82, 2.24) is 4.90 Å². The monoisotopic (exact) mass is 330 g/mol. The van der Waals surface area contributed by atoms with Crippen LogP contribution < -0.4 is 10.1 Å². The first kappa shape index (κ1) is 16.2. The van der Waals surface area contributed by atoms with Gasteiger partial charge in [0.05, 0.1) is 6.10 Å². The van der Waals surface area contributed by atoms with E-state index in [9.17, 15) is 5.11 Å². The molecule has 1 aromatic rings. The van der Waals surface area contributed by atoms with Crippen molar-refractivity contribution in [3.8, 4) is 5.75 Å². The Hall–Kier alpha value is -1.26. The number of piperidine rings is 1. The fraction of sp³-hybridized carbons (Fsp3) is 0.700. The fourth-order valence-electron chi connectivity index (χ4n) is 4.61. The molecule has 1 aliphatic carbocycles. The highest BCUT2D eigenvalue weighted by molar-refractivity contribution is 5.47. The van der Waals surface area contributed by atoms with E-state index >= 15 is 0 Å². The van der Waals surface area contributed by atoms with Crippen molar-refractivity contribution in [1.29, 1.82) is 0 Å². The Bertz CT molecular complexity index is 533. The Kier molecular flexibility index (Phi) is 4.95. The van der Waals surface area contributed by atoms with Crippen molar-refractivity contribution in [3.05, 3.63) is 24.3 Å². The molecule has 0 bridgehead atoms. The summed E-state index contributed by atoms with van der Waals surface area (Å²) in [7, 11) is 0. The summed E-state index contributed by atoms with van der Waals surface area (Å²) in [5, 5.41) is 13.7. The van der Waals surface area contributed by atoms with E-state index in [0.717, 1.165) is 37.5 Å². The van der Waals surface area contributed by atoms with Crippen LogP contribution in [0.3, 0.4) is 0 Å². The minimum absolute atomic E-state index is 0.0377. The van der Waals surface area contributed by atoms with Gasteiger partial charge < -0.3 is 20.1 Å². The summed E-state index contributed by atoms with van der Waals surface area (Å²) in [5.41, 5.74) is 1.18. The maximum atomic E-state index is 10.0. The number of benzene rings is 1. The lowest BCUT2D eigenvalue weighted by Crippen LogP contribution is -2.42. The Morgan fingerprint density at radius 2 is 1.79 bits per heavy atom. The Balaban J connectivity index is 1.30. The van der Waals surface area contributed by atoms with Crippen LogP contribution in [-0.4, -0.2) is 47.4 Å². The number of rotatable bonds is 4. The highest BCUT2D eigenvalue weighted by Gasteiger charge is 2.31. The van der Waals surface area contributed by atoms with E-state index in [-0.39, 0.29) is 12.2 Å². The number of aliphatic hydroxyl groups is 1. The summed E-state index contributed by atoms with van der Waals surface area (Å²) >= 11 is 0. The van der Waals surface area contributed by atoms with Gasteiger partial charge in [-0.25, -0.2) is 0 Å². The van der Waals surface area contributed by atoms with Crippen LogP contribution in [0, 0.1) is 0 Å². The van der Waals surface area contributed by atoms with Gasteiger partial charge in [-0.2, -0.15) is 0 Å². The molecule has 0 amide bonds. The third kappa shape index (κ3) is 3.70. The quantitative estimate of drug-likeness (QED) is 0.888. The van der Waals surface area contributed by atoms with Crippen LogP contribution in [0.1, 0.15) is 51.4 Å². The van der Waals surface area contributed by atoms with E-state index in [1.807, 2.05) is 12.1 Å². The first-order valence-corrected chi connectivity index (χ1v) is 9.73. The standard InChI is InChI=1S/C20H30N2O2/c23-19-5-1-2-6-20(19)24-18-9-7-15(8-10-18)21-16-11-13-22-12-3-4-17(22)14-16/h7-10,16-17,19-21,23H,1-6,11-14H2. The number of aliphatic hydroxyl groups excluding tert-OH is 1. The molecule has 2 aliphatic heterocycles. The molecule has 4 rings (SSSR count). The average Bonchev–Trinajstić information content (AvgIpc) is 3.06. The van der Waals surface area contributed by atoms with Crippen molar-refractivity contribution in [2.24, 2.45) is 0 Å². The number of hydrogen-bond donors (Lipinski definition) is 2. The van der Waals surface area contributed by atoms with Crippen LogP contribution >= 0.6 is 0 Å². The molecule has 4 unspecified atom stereocenters. The van der Waals surface area contributed by atoms with Crippen LogP contribution in [-0.2, 0) is 0 Å². The minimum Gasteiger partial charge on any atom is -0.488 e. The predicted octanol–water partition coefficient (Wildman–Crippen LogP) is 3.41. The summed E-state index contributed by atoms with van der Waals surface area (Å²) in [6.07, 6.45) is 8.99. The Morgan fingerprint density at radius 1 is 0.958 bits per heavy atom. The van der Waals surface area contributed by atoms with Crippen molar-refractivity contribution < 1.29 is 9.84 Å². The van der Waals surface area contributed by atoms with Crippen LogP contribution in [0.15, 0.2) is 24.3 Å². The molecule has 0 aromatic heterocycles. The van der Waals surface area contributed by atoms with Crippen LogP contribution in [0.25, 0.3) is 0 Å². The number of anilines is 1. The van der Waals surface area contributed by atoms with Crippen molar-refractivity contribution in [2.75, 3.05) is 18.4 Å². The molecule has 2 saturated heterocycles. The molecule has 2 N–H and O–H groups in total. The molecule has 1 saturated carbocycles. The van der Waals surface area contributed by atoms with Gasteiger partial charge in [0, 0.05) is 24.3 Å². The highest BCUT2D eigenvalue weighted by atomic mass is 16.5. The zero-order valence-electron chi connectivity index (χ0n) is 14.5. The van der Waals surface area contributed by atoms with Gasteiger partial charge in [-0.15, -0.1) is 0 Å². The molecule has 4 nitrogen and oxygen atoms in total. The van der Waals surface area contributed by atoms with Crippen LogP contribution in [0.2, 0.25) is 0 Å². The summed E-state index contributed by atoms with van der Waals surface area (Å²) in [6, 6.07) is 9.70. The number of nitrogens with one attached hydrogen (secondary N) is 1. The molecule has 2 heterocycles. The second kappa shape index (κ2) is 7.32. The second-order valence-electron chi connectivity index (χ2n) is 7.73. The molecule has 0 spiro atoms. The largest absolute Gasteiger partial charge is 0.488 e. The number of fused-ring (bicyclic) bond motifs is 1. The molecule has 3 aliphatic rings. The molecule has 4 atom stereocenters. The summed E-state index contributed by atoms with van der Waals surface area (Å²) < 4.78 is 5.98. The molecular weight excluding hydrogens is 300 g/mol. The number of ether oxygens (including phenoxy) is 1. The van der Waals surface area contributed by atoms with Crippen LogP contribution in [0.5, 0.6) is 5.75 Å². The minimum atomic E-state index is -0.312. The lowest BCUT2D eigenvalue weighted by Gasteiger charge is -2.35. The van der Waals surface area contributed by atoms with E-state index in [2.05, 4.69) is 22.3 Å². The first-order chi connectivity index (χ1) is 11.8. The van der Waals surface area contributed by atoms with Gasteiger partial charge in [-0.05, 0) is 75.8 Å². The summed E-state index contributed by atoms with van der Waals surface area (Å²) in [6.45, 7) is 2.54. The molecule has 0 radical (unpaired) electrons. The summed E-state index contributed by atoms with van der Waals surface area (Å²) in [5.74, 6) is 0.872. The van der Waals surface area contributed by atoms with Crippen molar-refractivity contribution in [3.63, 3.8) is 0 Å². The van der Waals surface area contributed by atoms with Gasteiger partial charge in [0.15, 0.2) is 0 Å². The molecule has 1 aromatic carbocycles. The Labute approximate surface area is 145 Å². The number of nitrogens with zero attached hydrogens (tertiary/aromatic N) is 1. The maximum absolute atomic E-state index is 10.0. The topological polar surface area (TPSA) is 44.7 Å². The number of hydrogen-bond acceptors (Lipinski definition) is 4. The molecule has 4 heteroatoms. The van der Waals surface area contributed by atoms with Gasteiger partial charge in [0.2, 0.25) is 0 Å². The highest BCUT2D eigenvalue weighted by Crippen LogP contribution is 2.29. The maximum Gasteiger partial charge on any atom is 0.124 e. The second-order valence-corrected chi connectivity index (χ2v) is 7.73. The molecule has 3 fully saturated rings. The van der Waals surface area contributed by atoms with E-state index < -0.39 is 0 Å². The van der Waals surface area contributed by atoms with Gasteiger partial charge in [-0.3, -0.25) is 0 Å². The third-order valence-corrected chi connectivity index (χ3v) is 6.00. The van der Waals surface area contributed by atoms with Gasteiger partial charge in [0.1, 0.15) is 11.9 Å². The first-order valence-electron chi connectivity index (χ1n) is 9.73. The average molecular weight is 330 g/mol. The Morgan fingerprint density at radius 3 is 2.62 bits per heavy atom. The van der Waals surface area contributed by atoms with Gasteiger partial charge in [0.25, 0.3) is 0 Å². The normalized spacial score (nSPS) is 33.9. The molecule has 132 valence electrons. The van der Waals surface area contributed by atoms with Crippen molar-refractivity contribution in [2.45, 2.75) is 75.7 Å². The zero-order valence-corrected chi connectivity index (χ0v) is 14.5. The van der Waals surface area contributed by atoms with Crippen molar-refractivity contribution >= 4 is 5.69 Å². The lowest BCUT2D eigenvalue weighted by molar-refractivity contribution is 0.00688. The SMILES string of the molecule is OC1CCCCC1Oc1ccc(NC2CCN3CCCC3C2)cc1. The third-order valence-electron chi connectivity index (χ3n) is 6.00. The molecule has 24 heavy (non-hydrogen) atoms. The van der Waals surface area contributed by atoms with E-state index in [1.165, 1.54) is 44.5 Å². The van der Waals surface area contributed by atoms with E-state index in [4.69, 9.17) is 4.74 Å². The van der Waals surface area contributed by atoms with E-state index in [0.29, 0.717) is 6.04 Å². The summed E-state index contributed by atoms with van der Waals surface area (Å²) in [4.78, 5) is 2.66.